The molecule has 2 atom stereocenters. The Bertz CT molecular complexity index is 696. The van der Waals surface area contributed by atoms with E-state index in [-0.39, 0.29) is 5.56 Å². The van der Waals surface area contributed by atoms with Crippen LogP contribution in [0.5, 0.6) is 0 Å². The fraction of sp³-hybridized carbons (Fsp3) is 0.333. The summed E-state index contributed by atoms with van der Waals surface area (Å²) in [5.74, 6) is -1.23. The van der Waals surface area contributed by atoms with Crippen molar-refractivity contribution in [1.29, 1.82) is 0 Å². The van der Waals surface area contributed by atoms with Crippen molar-refractivity contribution < 1.29 is 8.78 Å². The van der Waals surface area contributed by atoms with Gasteiger partial charge in [-0.25, -0.2) is 8.78 Å². The molecule has 0 amide bonds. The molecule has 0 heterocycles. The van der Waals surface area contributed by atoms with Crippen LogP contribution in [0.1, 0.15) is 47.9 Å². The summed E-state index contributed by atoms with van der Waals surface area (Å²) in [6.07, 6.45) is 1.48. The topological polar surface area (TPSA) is 26.0 Å². The Morgan fingerprint density at radius 1 is 1.05 bits per heavy atom. The van der Waals surface area contributed by atoms with Gasteiger partial charge in [0.2, 0.25) is 0 Å². The lowest BCUT2D eigenvalue weighted by Gasteiger charge is -2.39. The van der Waals surface area contributed by atoms with Crippen LogP contribution in [0, 0.1) is 18.6 Å². The molecule has 1 aliphatic rings. The average molecular weight is 287 g/mol. The first-order chi connectivity index (χ1) is 9.95. The van der Waals surface area contributed by atoms with E-state index >= 15 is 0 Å². The van der Waals surface area contributed by atoms with Crippen LogP contribution in [0.2, 0.25) is 0 Å². The molecule has 1 nitrogen and oxygen atoms in total. The number of nitrogens with two attached hydrogens (primary N) is 1. The third-order valence-corrected chi connectivity index (χ3v) is 4.70. The highest BCUT2D eigenvalue weighted by molar-refractivity contribution is 5.47. The van der Waals surface area contributed by atoms with Gasteiger partial charge in [-0.05, 0) is 42.4 Å². The molecule has 2 aromatic rings. The summed E-state index contributed by atoms with van der Waals surface area (Å²) in [4.78, 5) is 0. The van der Waals surface area contributed by atoms with Gasteiger partial charge in [0.1, 0.15) is 0 Å². The van der Waals surface area contributed by atoms with E-state index in [1.807, 2.05) is 24.3 Å². The second kappa shape index (κ2) is 4.92. The van der Waals surface area contributed by atoms with Crippen molar-refractivity contribution >= 4 is 0 Å². The van der Waals surface area contributed by atoms with Crippen molar-refractivity contribution in [1.82, 2.24) is 0 Å². The molecule has 0 saturated carbocycles. The lowest BCUT2D eigenvalue weighted by molar-refractivity contribution is 0.385. The molecule has 21 heavy (non-hydrogen) atoms. The summed E-state index contributed by atoms with van der Waals surface area (Å²) in [5.41, 5.74) is 8.21. The summed E-state index contributed by atoms with van der Waals surface area (Å²) in [7, 11) is 0. The molecule has 2 unspecified atom stereocenters. The van der Waals surface area contributed by atoms with Crippen molar-refractivity contribution in [2.45, 2.75) is 38.1 Å². The number of halogens is 2. The molecule has 0 fully saturated rings. The summed E-state index contributed by atoms with van der Waals surface area (Å²) in [6.45, 7) is 3.70. The predicted octanol–water partition coefficient (Wildman–Crippen LogP) is 4.37. The number of fused-ring (bicyclic) bond motifs is 1. The monoisotopic (exact) mass is 287 g/mol. The van der Waals surface area contributed by atoms with Crippen LogP contribution in [0.25, 0.3) is 0 Å². The van der Waals surface area contributed by atoms with Gasteiger partial charge in [0, 0.05) is 5.56 Å². The van der Waals surface area contributed by atoms with Gasteiger partial charge in [-0.15, -0.1) is 0 Å². The molecule has 0 radical (unpaired) electrons. The number of benzene rings is 2. The summed E-state index contributed by atoms with van der Waals surface area (Å²) >= 11 is 0. The molecule has 0 spiro atoms. The second-order valence-electron chi connectivity index (χ2n) is 6.06. The van der Waals surface area contributed by atoms with Crippen molar-refractivity contribution in [2.75, 3.05) is 0 Å². The first-order valence-electron chi connectivity index (χ1n) is 7.28. The van der Waals surface area contributed by atoms with E-state index < -0.39 is 17.2 Å². The van der Waals surface area contributed by atoms with E-state index in [2.05, 4.69) is 6.92 Å². The fourth-order valence-electron chi connectivity index (χ4n) is 3.34. The van der Waals surface area contributed by atoms with Crippen molar-refractivity contribution in [2.24, 2.45) is 5.73 Å². The van der Waals surface area contributed by atoms with Gasteiger partial charge < -0.3 is 5.73 Å². The Balaban J connectivity index is 2.23. The first kappa shape index (κ1) is 14.2. The average Bonchev–Trinajstić information content (AvgIpc) is 2.49. The van der Waals surface area contributed by atoms with E-state index in [0.29, 0.717) is 17.9 Å². The molecular weight excluding hydrogens is 268 g/mol. The molecule has 110 valence electrons. The van der Waals surface area contributed by atoms with Gasteiger partial charge in [-0.1, -0.05) is 43.3 Å². The molecule has 0 aliphatic heterocycles. The minimum absolute atomic E-state index is 0.255. The lowest BCUT2D eigenvalue weighted by Crippen LogP contribution is -2.42. The molecule has 1 aliphatic carbocycles. The Morgan fingerprint density at radius 3 is 2.52 bits per heavy atom. The third kappa shape index (κ3) is 2.07. The Labute approximate surface area is 123 Å². The van der Waals surface area contributed by atoms with E-state index in [9.17, 15) is 8.78 Å². The Morgan fingerprint density at radius 2 is 1.76 bits per heavy atom. The Kier molecular flexibility index (Phi) is 3.33. The molecule has 2 N–H and O–H groups in total. The van der Waals surface area contributed by atoms with Crippen molar-refractivity contribution in [3.8, 4) is 0 Å². The van der Waals surface area contributed by atoms with E-state index in [0.717, 1.165) is 17.5 Å². The fourth-order valence-corrected chi connectivity index (χ4v) is 3.34. The van der Waals surface area contributed by atoms with Crippen LogP contribution in [-0.4, -0.2) is 0 Å². The summed E-state index contributed by atoms with van der Waals surface area (Å²) < 4.78 is 28.4. The van der Waals surface area contributed by atoms with Crippen molar-refractivity contribution in [3.63, 3.8) is 0 Å². The molecular formula is C18H19F2N. The van der Waals surface area contributed by atoms with E-state index in [4.69, 9.17) is 5.73 Å². The van der Waals surface area contributed by atoms with Gasteiger partial charge in [0.25, 0.3) is 0 Å². The first-order valence-corrected chi connectivity index (χ1v) is 7.28. The number of hydrogen-bond donors (Lipinski definition) is 1. The number of hydrogen-bond acceptors (Lipinski definition) is 1. The predicted molar refractivity (Wildman–Crippen MR) is 80.2 cm³/mol. The van der Waals surface area contributed by atoms with Crippen LogP contribution in [0.4, 0.5) is 8.78 Å². The maximum Gasteiger partial charge on any atom is 0.164 e. The second-order valence-corrected chi connectivity index (χ2v) is 6.06. The quantitative estimate of drug-likeness (QED) is 0.828. The smallest absolute Gasteiger partial charge is 0.164 e. The molecule has 2 aromatic carbocycles. The van der Waals surface area contributed by atoms with E-state index in [1.165, 1.54) is 0 Å². The lowest BCUT2D eigenvalue weighted by atomic mass is 9.69. The van der Waals surface area contributed by atoms with Crippen LogP contribution < -0.4 is 5.73 Å². The number of rotatable bonds is 1. The van der Waals surface area contributed by atoms with Crippen LogP contribution in [0.15, 0.2) is 36.4 Å². The molecule has 0 saturated heterocycles. The maximum atomic E-state index is 14.4. The van der Waals surface area contributed by atoms with Gasteiger partial charge in [-0.3, -0.25) is 0 Å². The normalized spacial score (nSPS) is 24.7. The molecule has 0 aromatic heterocycles. The number of aryl methyl sites for hydroxylation is 1. The molecule has 3 heteroatoms. The van der Waals surface area contributed by atoms with Gasteiger partial charge in [0.05, 0.1) is 5.54 Å². The standard InChI is InChI=1S/C18H19F2N/c1-11-9-10-18(21,14-6-4-3-5-13(11)14)15-8-7-12(2)16(19)17(15)20/h3-8,11H,9-10,21H2,1-2H3. The SMILES string of the molecule is Cc1ccc(C2(N)CCC(C)c3ccccc32)c(F)c1F. The zero-order chi connectivity index (χ0) is 15.2. The maximum absolute atomic E-state index is 14.4. The highest BCUT2D eigenvalue weighted by atomic mass is 19.2. The largest absolute Gasteiger partial charge is 0.318 e. The highest BCUT2D eigenvalue weighted by Gasteiger charge is 2.39. The minimum atomic E-state index is -0.957. The van der Waals surface area contributed by atoms with E-state index in [1.54, 1.807) is 19.1 Å². The third-order valence-electron chi connectivity index (χ3n) is 4.70. The van der Waals surface area contributed by atoms with Crippen LogP contribution >= 0.6 is 0 Å². The van der Waals surface area contributed by atoms with Crippen LogP contribution in [0.3, 0.4) is 0 Å². The zero-order valence-electron chi connectivity index (χ0n) is 12.3. The van der Waals surface area contributed by atoms with Gasteiger partial charge >= 0.3 is 0 Å². The summed E-state index contributed by atoms with van der Waals surface area (Å²) in [6, 6.07) is 11.1. The van der Waals surface area contributed by atoms with Gasteiger partial charge in [0.15, 0.2) is 11.6 Å². The zero-order valence-corrected chi connectivity index (χ0v) is 12.3. The van der Waals surface area contributed by atoms with Gasteiger partial charge in [-0.2, -0.15) is 0 Å². The summed E-state index contributed by atoms with van der Waals surface area (Å²) in [5, 5.41) is 0. The highest BCUT2D eigenvalue weighted by Crippen LogP contribution is 2.44. The van der Waals surface area contributed by atoms with Crippen molar-refractivity contribution in [3.05, 3.63) is 70.3 Å². The molecule has 3 rings (SSSR count). The Hall–Kier alpha value is -1.74. The minimum Gasteiger partial charge on any atom is -0.318 e. The van der Waals surface area contributed by atoms with Crippen LogP contribution in [-0.2, 0) is 5.54 Å². The molecule has 0 bridgehead atoms.